The average Bonchev–Trinajstić information content (AvgIpc) is 2.62. The van der Waals surface area contributed by atoms with Gasteiger partial charge in [0.2, 0.25) is 15.9 Å². The lowest BCUT2D eigenvalue weighted by Gasteiger charge is -2.28. The number of likely N-dealkylation sites (N-methyl/N-ethyl adjacent to an activating group) is 1. The third kappa shape index (κ3) is 4.69. The van der Waals surface area contributed by atoms with Gasteiger partial charge in [0.15, 0.2) is 0 Å². The fourth-order valence-electron chi connectivity index (χ4n) is 2.61. The molecule has 8 nitrogen and oxygen atoms in total. The molecule has 144 valence electrons. The van der Waals surface area contributed by atoms with Crippen molar-refractivity contribution >= 4 is 27.3 Å². The molecule has 0 aromatic heterocycles. The van der Waals surface area contributed by atoms with Crippen LogP contribution in [0.2, 0.25) is 0 Å². The van der Waals surface area contributed by atoms with Crippen molar-refractivity contribution in [2.75, 3.05) is 18.5 Å². The molecule has 0 N–H and O–H groups in total. The zero-order chi connectivity index (χ0) is 20.2. The molecule has 9 heteroatoms. The lowest BCUT2D eigenvalue weighted by molar-refractivity contribution is -0.385. The normalized spacial score (nSPS) is 11.6. The third-order valence-corrected chi connectivity index (χ3v) is 5.71. The Morgan fingerprint density at radius 2 is 1.74 bits per heavy atom. The van der Waals surface area contributed by atoms with Crippen LogP contribution in [0.25, 0.3) is 0 Å². The second kappa shape index (κ2) is 8.28. The minimum absolute atomic E-state index is 0.172. The van der Waals surface area contributed by atoms with Gasteiger partial charge < -0.3 is 4.90 Å². The summed E-state index contributed by atoms with van der Waals surface area (Å²) in [7, 11) is -2.78. The molecule has 0 spiro atoms. The van der Waals surface area contributed by atoms with Crippen molar-refractivity contribution in [1.82, 2.24) is 4.31 Å². The van der Waals surface area contributed by atoms with Gasteiger partial charge in [-0.05, 0) is 32.0 Å². The van der Waals surface area contributed by atoms with Gasteiger partial charge in [-0.25, -0.2) is 8.42 Å². The summed E-state index contributed by atoms with van der Waals surface area (Å²) in [5.41, 5.74) is 0.336. The summed E-state index contributed by atoms with van der Waals surface area (Å²) in [6.07, 6.45) is 0. The number of para-hydroxylation sites is 1. The van der Waals surface area contributed by atoms with Crippen LogP contribution >= 0.6 is 0 Å². The maximum Gasteiger partial charge on any atom is 0.270 e. The van der Waals surface area contributed by atoms with E-state index in [0.717, 1.165) is 10.4 Å². The largest absolute Gasteiger partial charge is 0.309 e. The van der Waals surface area contributed by atoms with Crippen LogP contribution in [0.15, 0.2) is 59.5 Å². The number of benzene rings is 2. The summed E-state index contributed by atoms with van der Waals surface area (Å²) in [6.45, 7) is 3.28. The van der Waals surface area contributed by atoms with Crippen LogP contribution in [-0.2, 0) is 14.8 Å². The van der Waals surface area contributed by atoms with Gasteiger partial charge in [-0.1, -0.05) is 24.3 Å². The smallest absolute Gasteiger partial charge is 0.270 e. The minimum Gasteiger partial charge on any atom is -0.309 e. The first-order valence-electron chi connectivity index (χ1n) is 8.22. The first kappa shape index (κ1) is 20.5. The fraction of sp³-hybridized carbons (Fsp3) is 0.278. The summed E-state index contributed by atoms with van der Waals surface area (Å²) in [4.78, 5) is 24.3. The summed E-state index contributed by atoms with van der Waals surface area (Å²) in [6, 6.07) is 13.5. The highest BCUT2D eigenvalue weighted by molar-refractivity contribution is 7.89. The van der Waals surface area contributed by atoms with Crippen molar-refractivity contribution in [2.45, 2.75) is 24.8 Å². The van der Waals surface area contributed by atoms with E-state index < -0.39 is 27.4 Å². The highest BCUT2D eigenvalue weighted by Crippen LogP contribution is 2.21. The van der Waals surface area contributed by atoms with Gasteiger partial charge in [-0.2, -0.15) is 4.31 Å². The predicted octanol–water partition coefficient (Wildman–Crippen LogP) is 2.66. The Balaban J connectivity index is 2.26. The first-order chi connectivity index (χ1) is 12.6. The molecule has 0 fully saturated rings. The monoisotopic (exact) mass is 391 g/mol. The van der Waals surface area contributed by atoms with Crippen LogP contribution in [0.5, 0.6) is 0 Å². The van der Waals surface area contributed by atoms with Crippen LogP contribution in [0.4, 0.5) is 11.4 Å². The van der Waals surface area contributed by atoms with Crippen molar-refractivity contribution in [3.63, 3.8) is 0 Å². The molecule has 2 aromatic rings. The van der Waals surface area contributed by atoms with Crippen LogP contribution in [0, 0.1) is 10.1 Å². The second-order valence-corrected chi connectivity index (χ2v) is 8.25. The molecule has 0 heterocycles. The zero-order valence-corrected chi connectivity index (χ0v) is 16.1. The number of sulfonamides is 1. The van der Waals surface area contributed by atoms with Crippen molar-refractivity contribution in [2.24, 2.45) is 0 Å². The number of rotatable bonds is 7. The van der Waals surface area contributed by atoms with Gasteiger partial charge in [0, 0.05) is 30.9 Å². The van der Waals surface area contributed by atoms with Gasteiger partial charge in [-0.15, -0.1) is 0 Å². The van der Waals surface area contributed by atoms with E-state index in [1.54, 1.807) is 24.3 Å². The summed E-state index contributed by atoms with van der Waals surface area (Å²) >= 11 is 0. The van der Waals surface area contributed by atoms with Gasteiger partial charge >= 0.3 is 0 Å². The molecule has 0 saturated heterocycles. The Kier molecular flexibility index (Phi) is 6.29. The van der Waals surface area contributed by atoms with Crippen molar-refractivity contribution in [3.8, 4) is 0 Å². The standard InChI is InChI=1S/C18H21N3O5S/c1-14(2)20(15-8-5-4-6-9-15)18(22)13-19(3)27(25,26)17-11-7-10-16(12-17)21(23)24/h4-12,14H,13H2,1-3H3. The first-order valence-corrected chi connectivity index (χ1v) is 9.66. The molecule has 0 atom stereocenters. The molecule has 0 aliphatic heterocycles. The molecule has 0 aliphatic rings. The maximum atomic E-state index is 12.8. The average molecular weight is 391 g/mol. The summed E-state index contributed by atoms with van der Waals surface area (Å²) < 4.78 is 26.3. The second-order valence-electron chi connectivity index (χ2n) is 6.21. The van der Waals surface area contributed by atoms with Crippen molar-refractivity contribution < 1.29 is 18.1 Å². The molecule has 0 radical (unpaired) electrons. The molecule has 2 aromatic carbocycles. The van der Waals surface area contributed by atoms with E-state index in [1.165, 1.54) is 30.1 Å². The van der Waals surface area contributed by atoms with E-state index in [4.69, 9.17) is 0 Å². The van der Waals surface area contributed by atoms with Gasteiger partial charge in [-0.3, -0.25) is 14.9 Å². The Morgan fingerprint density at radius 1 is 1.11 bits per heavy atom. The summed E-state index contributed by atoms with van der Waals surface area (Å²) in [5, 5.41) is 10.9. The Bertz CT molecular complexity index is 929. The molecule has 0 unspecified atom stereocenters. The highest BCUT2D eigenvalue weighted by Gasteiger charge is 2.28. The van der Waals surface area contributed by atoms with E-state index in [9.17, 15) is 23.3 Å². The number of anilines is 1. The number of amides is 1. The lowest BCUT2D eigenvalue weighted by Crippen LogP contribution is -2.44. The van der Waals surface area contributed by atoms with Crippen LogP contribution in [0.3, 0.4) is 0 Å². The minimum atomic E-state index is -4.05. The van der Waals surface area contributed by atoms with E-state index in [2.05, 4.69) is 0 Å². The fourth-order valence-corrected chi connectivity index (χ4v) is 3.77. The number of hydrogen-bond donors (Lipinski definition) is 0. The molecule has 0 aliphatic carbocycles. The molecular weight excluding hydrogens is 370 g/mol. The topological polar surface area (TPSA) is 101 Å². The molecule has 0 bridgehead atoms. The highest BCUT2D eigenvalue weighted by atomic mass is 32.2. The van der Waals surface area contributed by atoms with Gasteiger partial charge in [0.1, 0.15) is 0 Å². The number of nitro groups is 1. The van der Waals surface area contributed by atoms with Crippen LogP contribution < -0.4 is 4.90 Å². The number of carbonyl (C=O) groups is 1. The quantitative estimate of drug-likeness (QED) is 0.533. The van der Waals surface area contributed by atoms with Crippen LogP contribution in [0.1, 0.15) is 13.8 Å². The van der Waals surface area contributed by atoms with E-state index >= 15 is 0 Å². The maximum absolute atomic E-state index is 12.8. The van der Waals surface area contributed by atoms with Gasteiger partial charge in [0.25, 0.3) is 5.69 Å². The molecule has 2 rings (SSSR count). The molecule has 27 heavy (non-hydrogen) atoms. The van der Waals surface area contributed by atoms with E-state index in [-0.39, 0.29) is 16.6 Å². The van der Waals surface area contributed by atoms with Gasteiger partial charge in [0.05, 0.1) is 16.4 Å². The zero-order valence-electron chi connectivity index (χ0n) is 15.3. The number of non-ortho nitro benzene ring substituents is 1. The lowest BCUT2D eigenvalue weighted by atomic mass is 10.2. The Labute approximate surface area is 158 Å². The number of hydrogen-bond acceptors (Lipinski definition) is 5. The third-order valence-electron chi connectivity index (χ3n) is 3.91. The number of nitrogens with zero attached hydrogens (tertiary/aromatic N) is 3. The Hall–Kier alpha value is -2.78. The van der Waals surface area contributed by atoms with E-state index in [0.29, 0.717) is 5.69 Å². The number of carbonyl (C=O) groups excluding carboxylic acids is 1. The summed E-state index contributed by atoms with van der Waals surface area (Å²) in [5.74, 6) is -0.396. The van der Waals surface area contributed by atoms with Crippen molar-refractivity contribution in [3.05, 3.63) is 64.7 Å². The van der Waals surface area contributed by atoms with Crippen LogP contribution in [-0.4, -0.2) is 43.2 Å². The van der Waals surface area contributed by atoms with E-state index in [1.807, 2.05) is 19.9 Å². The molecule has 0 saturated carbocycles. The Morgan fingerprint density at radius 3 is 2.30 bits per heavy atom. The number of nitro benzene ring substituents is 1. The SMILES string of the molecule is CC(C)N(C(=O)CN(C)S(=O)(=O)c1cccc([N+](=O)[O-])c1)c1ccccc1. The molecule has 1 amide bonds. The van der Waals surface area contributed by atoms with Crippen molar-refractivity contribution in [1.29, 1.82) is 0 Å². The predicted molar refractivity (Wildman–Crippen MR) is 102 cm³/mol. The molecular formula is C18H21N3O5S.